The normalized spacial score (nSPS) is 11.5. The fraction of sp³-hybridized carbons (Fsp3) is 0.190. The van der Waals surface area contributed by atoms with Gasteiger partial charge in [0.25, 0.3) is 0 Å². The van der Waals surface area contributed by atoms with Gasteiger partial charge in [0.1, 0.15) is 10.7 Å². The number of pyridine rings is 2. The van der Waals surface area contributed by atoms with Crippen molar-refractivity contribution < 1.29 is 23.1 Å². The summed E-state index contributed by atoms with van der Waals surface area (Å²) in [5, 5.41) is 9.93. The van der Waals surface area contributed by atoms with Crippen molar-refractivity contribution in [3.63, 3.8) is 0 Å². The molecule has 5 nitrogen and oxygen atoms in total. The molecular weight excluding hydrogens is 421 g/mol. The second kappa shape index (κ2) is 7.95. The Morgan fingerprint density at radius 2 is 1.80 bits per heavy atom. The summed E-state index contributed by atoms with van der Waals surface area (Å²) < 4.78 is 40.3. The number of rotatable bonds is 4. The van der Waals surface area contributed by atoms with Gasteiger partial charge in [0.2, 0.25) is 5.43 Å². The van der Waals surface area contributed by atoms with E-state index in [0.717, 1.165) is 12.1 Å². The van der Waals surface area contributed by atoms with E-state index in [9.17, 15) is 27.9 Å². The van der Waals surface area contributed by atoms with Crippen LogP contribution in [0.3, 0.4) is 0 Å². The summed E-state index contributed by atoms with van der Waals surface area (Å²) in [4.78, 5) is 29.1. The molecule has 9 heteroatoms. The van der Waals surface area contributed by atoms with Crippen LogP contribution in [-0.4, -0.2) is 20.6 Å². The maximum atomic E-state index is 13.2. The maximum Gasteiger partial charge on any atom is 0.416 e. The van der Waals surface area contributed by atoms with Crippen molar-refractivity contribution in [2.75, 3.05) is 0 Å². The maximum absolute atomic E-state index is 13.2. The summed E-state index contributed by atoms with van der Waals surface area (Å²) >= 11 is 5.94. The van der Waals surface area contributed by atoms with Crippen LogP contribution in [0.15, 0.2) is 47.4 Å². The van der Waals surface area contributed by atoms with E-state index in [4.69, 9.17) is 11.6 Å². The van der Waals surface area contributed by atoms with Crippen LogP contribution >= 0.6 is 11.6 Å². The van der Waals surface area contributed by atoms with Crippen molar-refractivity contribution in [2.45, 2.75) is 26.6 Å². The molecule has 1 N–H and O–H groups in total. The molecule has 0 amide bonds. The third-order valence-electron chi connectivity index (χ3n) is 4.76. The Kier molecular flexibility index (Phi) is 5.72. The molecule has 0 unspecified atom stereocenters. The zero-order valence-electron chi connectivity index (χ0n) is 15.9. The monoisotopic (exact) mass is 436 g/mol. The van der Waals surface area contributed by atoms with E-state index in [1.54, 1.807) is 18.4 Å². The Morgan fingerprint density at radius 3 is 2.30 bits per heavy atom. The van der Waals surface area contributed by atoms with Gasteiger partial charge < -0.3 is 9.67 Å². The molecule has 0 saturated carbocycles. The first kappa shape index (κ1) is 21.6. The van der Waals surface area contributed by atoms with Crippen LogP contribution in [0.4, 0.5) is 13.2 Å². The van der Waals surface area contributed by atoms with Gasteiger partial charge in [-0.2, -0.15) is 13.2 Å². The number of alkyl halides is 3. The Bertz CT molecular complexity index is 1190. The predicted octanol–water partition coefficient (Wildman–Crippen LogP) is 5.28. The first-order chi connectivity index (χ1) is 14.1. The Labute approximate surface area is 174 Å². The van der Waals surface area contributed by atoms with Gasteiger partial charge in [-0.1, -0.05) is 23.7 Å². The number of hydrogen-bond acceptors (Lipinski definition) is 3. The molecule has 0 bridgehead atoms. The van der Waals surface area contributed by atoms with Crippen LogP contribution in [0.1, 0.15) is 28.5 Å². The highest BCUT2D eigenvalue weighted by Gasteiger charge is 2.31. The number of halogens is 4. The largest absolute Gasteiger partial charge is 0.477 e. The Balaban J connectivity index is 2.36. The second-order valence-corrected chi connectivity index (χ2v) is 6.89. The third kappa shape index (κ3) is 3.82. The number of benzene rings is 1. The lowest BCUT2D eigenvalue weighted by atomic mass is 9.96. The quantitative estimate of drug-likeness (QED) is 0.565. The topological polar surface area (TPSA) is 72.2 Å². The number of carbonyl (C=O) groups is 1. The zero-order chi connectivity index (χ0) is 22.2. The summed E-state index contributed by atoms with van der Waals surface area (Å²) in [5.74, 6) is -1.45. The minimum absolute atomic E-state index is 0.0341. The van der Waals surface area contributed by atoms with Crippen LogP contribution in [0.25, 0.3) is 22.4 Å². The molecule has 0 aliphatic heterocycles. The van der Waals surface area contributed by atoms with Crippen molar-refractivity contribution in [3.05, 3.63) is 74.8 Å². The molecule has 3 aromatic rings. The molecule has 156 valence electrons. The zero-order valence-corrected chi connectivity index (χ0v) is 16.7. The van der Waals surface area contributed by atoms with Crippen molar-refractivity contribution in [2.24, 2.45) is 0 Å². The summed E-state index contributed by atoms with van der Waals surface area (Å²) in [7, 11) is 0. The molecule has 0 aliphatic rings. The summed E-state index contributed by atoms with van der Waals surface area (Å²) in [6.07, 6.45) is -3.12. The highest BCUT2D eigenvalue weighted by Crippen LogP contribution is 2.33. The number of nitrogens with zero attached hydrogens (tertiary/aromatic N) is 2. The average molecular weight is 437 g/mol. The van der Waals surface area contributed by atoms with Gasteiger partial charge in [0.15, 0.2) is 0 Å². The van der Waals surface area contributed by atoms with Crippen LogP contribution in [0, 0.1) is 6.92 Å². The molecule has 0 spiro atoms. The van der Waals surface area contributed by atoms with Gasteiger partial charge in [-0.25, -0.2) is 9.78 Å². The molecule has 0 aliphatic carbocycles. The minimum atomic E-state index is -4.52. The molecule has 1 aromatic carbocycles. The van der Waals surface area contributed by atoms with Gasteiger partial charge in [0, 0.05) is 29.6 Å². The first-order valence-corrected chi connectivity index (χ1v) is 9.24. The lowest BCUT2D eigenvalue weighted by Crippen LogP contribution is -2.25. The van der Waals surface area contributed by atoms with Gasteiger partial charge in [0.05, 0.1) is 11.3 Å². The van der Waals surface area contributed by atoms with Crippen molar-refractivity contribution >= 4 is 17.6 Å². The smallest absolute Gasteiger partial charge is 0.416 e. The fourth-order valence-corrected chi connectivity index (χ4v) is 3.62. The molecule has 2 heterocycles. The number of carboxylic acids is 1. The first-order valence-electron chi connectivity index (χ1n) is 8.86. The molecule has 0 radical (unpaired) electrons. The number of aromatic nitrogens is 2. The van der Waals surface area contributed by atoms with Crippen LogP contribution < -0.4 is 5.43 Å². The van der Waals surface area contributed by atoms with Gasteiger partial charge in [-0.05, 0) is 43.7 Å². The number of hydrogen-bond donors (Lipinski definition) is 1. The lowest BCUT2D eigenvalue weighted by Gasteiger charge is -2.21. The molecular formula is C21H16ClF3N2O3. The van der Waals surface area contributed by atoms with Crippen LogP contribution in [0.5, 0.6) is 0 Å². The SMILES string of the molecule is CCn1c(C)c(-c2ccc(C(F)(F)F)cc2)c(=O)c(C(=O)O)c1-c1ccnc(Cl)c1. The minimum Gasteiger partial charge on any atom is -0.477 e. The van der Waals surface area contributed by atoms with E-state index in [1.165, 1.54) is 30.5 Å². The lowest BCUT2D eigenvalue weighted by molar-refractivity contribution is -0.137. The predicted molar refractivity (Wildman–Crippen MR) is 107 cm³/mol. The van der Waals surface area contributed by atoms with Crippen molar-refractivity contribution in [1.82, 2.24) is 9.55 Å². The third-order valence-corrected chi connectivity index (χ3v) is 4.97. The highest BCUT2D eigenvalue weighted by atomic mass is 35.5. The van der Waals surface area contributed by atoms with Crippen LogP contribution in [-0.2, 0) is 12.7 Å². The van der Waals surface area contributed by atoms with E-state index in [1.807, 2.05) is 0 Å². The number of aromatic carboxylic acids is 1. The summed E-state index contributed by atoms with van der Waals surface area (Å²) in [6, 6.07) is 7.05. The van der Waals surface area contributed by atoms with E-state index >= 15 is 0 Å². The van der Waals surface area contributed by atoms with Crippen molar-refractivity contribution in [3.8, 4) is 22.4 Å². The molecule has 0 atom stereocenters. The Hall–Kier alpha value is -3.13. The van der Waals surface area contributed by atoms with E-state index in [0.29, 0.717) is 17.8 Å². The molecule has 30 heavy (non-hydrogen) atoms. The summed E-state index contributed by atoms with van der Waals surface area (Å²) in [5.41, 5.74) is -0.911. The van der Waals surface area contributed by atoms with E-state index in [2.05, 4.69) is 4.98 Å². The summed E-state index contributed by atoms with van der Waals surface area (Å²) in [6.45, 7) is 3.71. The van der Waals surface area contributed by atoms with Gasteiger partial charge >= 0.3 is 12.1 Å². The standard InChI is InChI=1S/C21H16ClF3N2O3/c1-3-27-11(2)16(12-4-6-14(7-5-12)21(23,24)25)19(28)17(20(29)30)18(27)13-8-9-26-15(22)10-13/h4-10H,3H2,1-2H3,(H,29,30). The van der Waals surface area contributed by atoms with Crippen LogP contribution in [0.2, 0.25) is 5.15 Å². The van der Waals surface area contributed by atoms with Gasteiger partial charge in [-0.3, -0.25) is 4.79 Å². The average Bonchev–Trinajstić information content (AvgIpc) is 2.67. The van der Waals surface area contributed by atoms with E-state index < -0.39 is 28.7 Å². The van der Waals surface area contributed by atoms with E-state index in [-0.39, 0.29) is 22.0 Å². The second-order valence-electron chi connectivity index (χ2n) is 6.50. The van der Waals surface area contributed by atoms with Crippen molar-refractivity contribution in [1.29, 1.82) is 0 Å². The molecule has 0 saturated heterocycles. The molecule has 0 fully saturated rings. The molecule has 3 rings (SSSR count). The number of carboxylic acid groups (broad SMARTS) is 1. The highest BCUT2D eigenvalue weighted by molar-refractivity contribution is 6.29. The molecule has 2 aromatic heterocycles. The Morgan fingerprint density at radius 1 is 1.17 bits per heavy atom. The fourth-order valence-electron chi connectivity index (χ4n) is 3.44. The van der Waals surface area contributed by atoms with Gasteiger partial charge in [-0.15, -0.1) is 0 Å².